The molecule has 162 valence electrons. The van der Waals surface area contributed by atoms with Gasteiger partial charge >= 0.3 is 6.09 Å². The van der Waals surface area contributed by atoms with E-state index in [1.807, 2.05) is 24.4 Å². The van der Waals surface area contributed by atoms with Gasteiger partial charge in [0.2, 0.25) is 0 Å². The number of hydrogen-bond donors (Lipinski definition) is 2. The van der Waals surface area contributed by atoms with Crippen LogP contribution in [0.25, 0.3) is 21.8 Å². The number of carbonyl (C=O) groups is 1. The van der Waals surface area contributed by atoms with Crippen LogP contribution in [0.4, 0.5) is 4.79 Å². The highest BCUT2D eigenvalue weighted by molar-refractivity contribution is 5.84. The first-order chi connectivity index (χ1) is 15.7. The molecule has 4 heterocycles. The van der Waals surface area contributed by atoms with Crippen LogP contribution in [0, 0.1) is 0 Å². The molecular weight excluding hydrogens is 400 g/mol. The fraction of sp³-hybridized carbons (Fsp3) is 0.308. The summed E-state index contributed by atoms with van der Waals surface area (Å²) in [5, 5.41) is 5.17. The maximum Gasteiger partial charge on any atom is 0.407 e. The standard InChI is InChI=1S/C26H26N4O2/c31-26-28-15-24(32-26)25-20-6-2-4-8-23(20)27-14-21(25)17-9-11-30(12-10-17)16-19-13-18-5-1-3-7-22(18)29-19/h1-8,13-14,17,24,29H,9-12,15-16H2,(H,28,31). The molecule has 0 saturated carbocycles. The van der Waals surface area contributed by atoms with E-state index in [0.29, 0.717) is 12.5 Å². The number of alkyl carbamates (subject to hydrolysis) is 1. The van der Waals surface area contributed by atoms with Gasteiger partial charge in [-0.2, -0.15) is 0 Å². The molecule has 1 unspecified atom stereocenters. The molecule has 2 N–H and O–H groups in total. The Bertz CT molecular complexity index is 1260. The molecule has 2 aromatic heterocycles. The third-order valence-electron chi connectivity index (χ3n) is 6.86. The average Bonchev–Trinajstić information content (AvgIpc) is 3.44. The Morgan fingerprint density at radius 1 is 1.06 bits per heavy atom. The molecule has 2 aromatic carbocycles. The molecule has 6 rings (SSSR count). The predicted molar refractivity (Wildman–Crippen MR) is 125 cm³/mol. The Morgan fingerprint density at radius 3 is 2.69 bits per heavy atom. The fourth-order valence-electron chi connectivity index (χ4n) is 5.27. The number of amides is 1. The number of nitrogens with zero attached hydrogens (tertiary/aromatic N) is 2. The quantitative estimate of drug-likeness (QED) is 0.488. The normalized spacial score (nSPS) is 20.0. The minimum Gasteiger partial charge on any atom is -0.439 e. The molecule has 4 aromatic rings. The summed E-state index contributed by atoms with van der Waals surface area (Å²) in [6.07, 6.45) is 3.56. The molecular formula is C26H26N4O2. The fourth-order valence-corrected chi connectivity index (χ4v) is 5.27. The third-order valence-corrected chi connectivity index (χ3v) is 6.86. The summed E-state index contributed by atoms with van der Waals surface area (Å²) in [6, 6.07) is 18.8. The third kappa shape index (κ3) is 3.50. The Labute approximate surface area is 186 Å². The molecule has 32 heavy (non-hydrogen) atoms. The van der Waals surface area contributed by atoms with Crippen LogP contribution in [0.3, 0.4) is 0 Å². The van der Waals surface area contributed by atoms with Gasteiger partial charge in [-0.1, -0.05) is 36.4 Å². The van der Waals surface area contributed by atoms with Crippen molar-refractivity contribution in [2.75, 3.05) is 19.6 Å². The van der Waals surface area contributed by atoms with Crippen molar-refractivity contribution in [3.63, 3.8) is 0 Å². The van der Waals surface area contributed by atoms with Crippen molar-refractivity contribution in [1.82, 2.24) is 20.2 Å². The second kappa shape index (κ2) is 7.95. The lowest BCUT2D eigenvalue weighted by molar-refractivity contribution is 0.140. The average molecular weight is 427 g/mol. The van der Waals surface area contributed by atoms with Crippen molar-refractivity contribution < 1.29 is 9.53 Å². The number of pyridine rings is 1. The molecule has 6 nitrogen and oxygen atoms in total. The second-order valence-corrected chi connectivity index (χ2v) is 8.85. The zero-order chi connectivity index (χ0) is 21.5. The first-order valence-corrected chi connectivity index (χ1v) is 11.4. The summed E-state index contributed by atoms with van der Waals surface area (Å²) in [5.74, 6) is 0.417. The van der Waals surface area contributed by atoms with Gasteiger partial charge < -0.3 is 15.0 Å². The molecule has 2 saturated heterocycles. The highest BCUT2D eigenvalue weighted by Crippen LogP contribution is 2.38. The van der Waals surface area contributed by atoms with E-state index < -0.39 is 0 Å². The van der Waals surface area contributed by atoms with Crippen molar-refractivity contribution in [1.29, 1.82) is 0 Å². The summed E-state index contributed by atoms with van der Waals surface area (Å²) in [4.78, 5) is 22.6. The van der Waals surface area contributed by atoms with Gasteiger partial charge in [-0.05, 0) is 61.0 Å². The van der Waals surface area contributed by atoms with Gasteiger partial charge in [-0.15, -0.1) is 0 Å². The number of piperidine rings is 1. The van der Waals surface area contributed by atoms with Crippen molar-refractivity contribution in [3.8, 4) is 0 Å². The van der Waals surface area contributed by atoms with Crippen LogP contribution >= 0.6 is 0 Å². The van der Waals surface area contributed by atoms with Gasteiger partial charge in [-0.3, -0.25) is 9.88 Å². The van der Waals surface area contributed by atoms with E-state index in [2.05, 4.69) is 51.6 Å². The Morgan fingerprint density at radius 2 is 1.88 bits per heavy atom. The van der Waals surface area contributed by atoms with Crippen LogP contribution in [0.1, 0.15) is 41.7 Å². The van der Waals surface area contributed by atoms with E-state index in [0.717, 1.165) is 48.9 Å². The van der Waals surface area contributed by atoms with Crippen molar-refractivity contribution in [3.05, 3.63) is 77.6 Å². The van der Waals surface area contributed by atoms with E-state index in [4.69, 9.17) is 9.72 Å². The van der Waals surface area contributed by atoms with E-state index in [9.17, 15) is 4.79 Å². The smallest absolute Gasteiger partial charge is 0.407 e. The van der Waals surface area contributed by atoms with Crippen LogP contribution in [0.5, 0.6) is 0 Å². The van der Waals surface area contributed by atoms with Crippen LogP contribution in [0.2, 0.25) is 0 Å². The molecule has 0 spiro atoms. The Hall–Kier alpha value is -3.38. The SMILES string of the molecule is O=C1NCC(c2c(C3CCN(Cc4cc5ccccc5[nH]4)CC3)cnc3ccccc23)O1. The molecule has 2 fully saturated rings. The first kappa shape index (κ1) is 19.3. The number of aromatic nitrogens is 2. The number of para-hydroxylation sites is 2. The number of H-pyrrole nitrogens is 1. The number of rotatable bonds is 4. The van der Waals surface area contributed by atoms with Gasteiger partial charge in [0.15, 0.2) is 0 Å². The minimum absolute atomic E-state index is 0.255. The topological polar surface area (TPSA) is 70.2 Å². The number of nitrogens with one attached hydrogen (secondary N) is 2. The summed E-state index contributed by atoms with van der Waals surface area (Å²) in [5.41, 5.74) is 5.77. The lowest BCUT2D eigenvalue weighted by Gasteiger charge is -2.33. The van der Waals surface area contributed by atoms with E-state index in [1.165, 1.54) is 22.2 Å². The van der Waals surface area contributed by atoms with Gasteiger partial charge in [-0.25, -0.2) is 4.79 Å². The van der Waals surface area contributed by atoms with Gasteiger partial charge in [0.1, 0.15) is 6.10 Å². The van der Waals surface area contributed by atoms with E-state index in [1.54, 1.807) is 0 Å². The lowest BCUT2D eigenvalue weighted by Crippen LogP contribution is -2.33. The van der Waals surface area contributed by atoms with Crippen molar-refractivity contribution >= 4 is 27.9 Å². The zero-order valence-corrected chi connectivity index (χ0v) is 17.9. The number of ether oxygens (including phenoxy) is 1. The highest BCUT2D eigenvalue weighted by Gasteiger charge is 2.32. The molecule has 0 radical (unpaired) electrons. The lowest BCUT2D eigenvalue weighted by atomic mass is 9.84. The summed E-state index contributed by atoms with van der Waals surface area (Å²) in [6.45, 7) is 3.53. The van der Waals surface area contributed by atoms with Crippen LogP contribution in [0.15, 0.2) is 60.8 Å². The first-order valence-electron chi connectivity index (χ1n) is 11.4. The van der Waals surface area contributed by atoms with Gasteiger partial charge in [0.25, 0.3) is 0 Å². The number of benzene rings is 2. The second-order valence-electron chi connectivity index (χ2n) is 8.85. The van der Waals surface area contributed by atoms with Crippen molar-refractivity contribution in [2.24, 2.45) is 0 Å². The van der Waals surface area contributed by atoms with Crippen molar-refractivity contribution in [2.45, 2.75) is 31.4 Å². The number of hydrogen-bond acceptors (Lipinski definition) is 4. The summed E-state index contributed by atoms with van der Waals surface area (Å²) >= 11 is 0. The van der Waals surface area contributed by atoms with E-state index in [-0.39, 0.29) is 12.2 Å². The molecule has 0 bridgehead atoms. The number of cyclic esters (lactones) is 1. The molecule has 1 atom stereocenters. The van der Waals surface area contributed by atoms with E-state index >= 15 is 0 Å². The van der Waals surface area contributed by atoms with Crippen LogP contribution < -0.4 is 5.32 Å². The number of aromatic amines is 1. The monoisotopic (exact) mass is 426 g/mol. The molecule has 2 aliphatic rings. The molecule has 2 aliphatic heterocycles. The van der Waals surface area contributed by atoms with Crippen LogP contribution in [-0.4, -0.2) is 40.6 Å². The zero-order valence-electron chi connectivity index (χ0n) is 17.9. The molecule has 6 heteroatoms. The Balaban J connectivity index is 1.23. The number of carbonyl (C=O) groups excluding carboxylic acids is 1. The maximum absolute atomic E-state index is 11.8. The van der Waals surface area contributed by atoms with Gasteiger partial charge in [0, 0.05) is 34.9 Å². The largest absolute Gasteiger partial charge is 0.439 e. The van der Waals surface area contributed by atoms with Crippen LogP contribution in [-0.2, 0) is 11.3 Å². The molecule has 0 aliphatic carbocycles. The number of likely N-dealkylation sites (tertiary alicyclic amines) is 1. The Kier molecular flexibility index (Phi) is 4.80. The predicted octanol–water partition coefficient (Wildman–Crippen LogP) is 4.88. The summed E-state index contributed by atoms with van der Waals surface area (Å²) in [7, 11) is 0. The number of fused-ring (bicyclic) bond motifs is 2. The highest BCUT2D eigenvalue weighted by atomic mass is 16.6. The van der Waals surface area contributed by atoms with Gasteiger partial charge in [0.05, 0.1) is 12.1 Å². The summed E-state index contributed by atoms with van der Waals surface area (Å²) < 4.78 is 5.62. The molecule has 1 amide bonds. The maximum atomic E-state index is 11.8. The minimum atomic E-state index is -0.338.